The molecule has 0 spiro atoms. The number of nitrogens with zero attached hydrogens (tertiary/aromatic N) is 2. The van der Waals surface area contributed by atoms with E-state index in [1.807, 2.05) is 0 Å². The third kappa shape index (κ3) is 6.17. The van der Waals surface area contributed by atoms with Gasteiger partial charge in [0.05, 0.1) is 17.8 Å². The van der Waals surface area contributed by atoms with Gasteiger partial charge >= 0.3 is 6.18 Å². The van der Waals surface area contributed by atoms with Crippen LogP contribution in [0.1, 0.15) is 46.9 Å². The number of alkyl halides is 3. The second kappa shape index (κ2) is 11.0. The van der Waals surface area contributed by atoms with Gasteiger partial charge in [0, 0.05) is 22.1 Å². The summed E-state index contributed by atoms with van der Waals surface area (Å²) in [6.07, 6.45) is -4.88. The number of aromatic nitrogens is 2. The highest BCUT2D eigenvalue weighted by Gasteiger charge is 2.33. The van der Waals surface area contributed by atoms with Crippen LogP contribution in [0.2, 0.25) is 5.02 Å². The van der Waals surface area contributed by atoms with Crippen LogP contribution in [0.15, 0.2) is 66.7 Å². The Labute approximate surface area is 225 Å². The lowest BCUT2D eigenvalue weighted by Gasteiger charge is -2.19. The van der Waals surface area contributed by atoms with Crippen LogP contribution in [-0.2, 0) is 17.5 Å². The Kier molecular flexibility index (Phi) is 7.87. The first kappa shape index (κ1) is 28.0. The SMILES string of the molecule is CC(=O)Cn1c(-c2ccccc2)nc(NC(=O)c2cc(F)cc(C(F)(F)F)c2)c1[C@H](C)c1cc(F)ccc1Cl. The molecule has 0 saturated carbocycles. The number of amides is 1. The van der Waals surface area contributed by atoms with Gasteiger partial charge in [-0.05, 0) is 48.9 Å². The van der Waals surface area contributed by atoms with Gasteiger partial charge in [-0.1, -0.05) is 48.9 Å². The lowest BCUT2D eigenvalue weighted by Crippen LogP contribution is -2.18. The normalized spacial score (nSPS) is 12.3. The van der Waals surface area contributed by atoms with Gasteiger partial charge in [0.1, 0.15) is 23.2 Å². The Balaban J connectivity index is 1.90. The summed E-state index contributed by atoms with van der Waals surface area (Å²) < 4.78 is 69.5. The highest BCUT2D eigenvalue weighted by atomic mass is 35.5. The topological polar surface area (TPSA) is 64.0 Å². The monoisotopic (exact) mass is 561 g/mol. The number of carbonyl (C=O) groups excluding carboxylic acids is 2. The molecule has 202 valence electrons. The minimum absolute atomic E-state index is 0.106. The number of Topliss-reactive ketones (excluding diaryl/α,β-unsaturated/α-hetero) is 1. The maximum Gasteiger partial charge on any atom is 0.416 e. The molecule has 39 heavy (non-hydrogen) atoms. The molecule has 0 unspecified atom stereocenters. The third-order valence-electron chi connectivity index (χ3n) is 5.97. The lowest BCUT2D eigenvalue weighted by molar-refractivity contribution is -0.137. The molecule has 1 atom stereocenters. The molecule has 0 aliphatic carbocycles. The average Bonchev–Trinajstić information content (AvgIpc) is 3.21. The summed E-state index contributed by atoms with van der Waals surface area (Å²) in [7, 11) is 0. The van der Waals surface area contributed by atoms with Gasteiger partial charge in [-0.15, -0.1) is 0 Å². The molecule has 1 amide bonds. The molecule has 1 heterocycles. The van der Waals surface area contributed by atoms with Crippen LogP contribution < -0.4 is 5.32 Å². The standard InChI is InChI=1S/C28H21ClF5N3O2/c1-15(38)14-37-24(16(2)22-13-20(30)8-9-23(22)29)25(35-26(37)17-6-4-3-5-7-17)36-27(39)18-10-19(28(32,33)34)12-21(31)11-18/h3-13,16H,14H2,1-2H3,(H,36,39)/t16-/m1/s1. The molecule has 3 aromatic carbocycles. The number of rotatable bonds is 7. The van der Waals surface area contributed by atoms with Crippen LogP contribution in [0.4, 0.5) is 27.8 Å². The van der Waals surface area contributed by atoms with E-state index in [4.69, 9.17) is 11.6 Å². The van der Waals surface area contributed by atoms with Gasteiger partial charge in [0.15, 0.2) is 5.82 Å². The molecule has 11 heteroatoms. The van der Waals surface area contributed by atoms with Crippen molar-refractivity contribution in [3.63, 3.8) is 0 Å². The van der Waals surface area contributed by atoms with Crippen molar-refractivity contribution in [3.8, 4) is 11.4 Å². The summed E-state index contributed by atoms with van der Waals surface area (Å²) in [5, 5.41) is 2.67. The van der Waals surface area contributed by atoms with Crippen LogP contribution >= 0.6 is 11.6 Å². The number of benzene rings is 3. The van der Waals surface area contributed by atoms with Gasteiger partial charge in [0.25, 0.3) is 5.91 Å². The molecule has 0 radical (unpaired) electrons. The van der Waals surface area contributed by atoms with E-state index in [2.05, 4.69) is 10.3 Å². The van der Waals surface area contributed by atoms with Crippen LogP contribution in [0, 0.1) is 11.6 Å². The lowest BCUT2D eigenvalue weighted by atomic mass is 9.96. The Morgan fingerprint density at radius 1 is 1.00 bits per heavy atom. The van der Waals surface area contributed by atoms with Crippen molar-refractivity contribution in [1.29, 1.82) is 0 Å². The molecule has 0 saturated heterocycles. The fraction of sp³-hybridized carbons (Fsp3) is 0.179. The molecular formula is C28H21ClF5N3O2. The minimum Gasteiger partial charge on any atom is -0.318 e. The van der Waals surface area contributed by atoms with E-state index < -0.39 is 40.8 Å². The van der Waals surface area contributed by atoms with E-state index in [9.17, 15) is 31.5 Å². The van der Waals surface area contributed by atoms with Crippen molar-refractivity contribution < 1.29 is 31.5 Å². The van der Waals surface area contributed by atoms with Gasteiger partial charge in [-0.2, -0.15) is 13.2 Å². The smallest absolute Gasteiger partial charge is 0.318 e. The van der Waals surface area contributed by atoms with Gasteiger partial charge in [-0.3, -0.25) is 9.59 Å². The number of anilines is 1. The minimum atomic E-state index is -4.88. The Morgan fingerprint density at radius 3 is 2.33 bits per heavy atom. The zero-order valence-electron chi connectivity index (χ0n) is 20.6. The second-order valence-corrected chi connectivity index (χ2v) is 9.30. The number of hydrogen-bond donors (Lipinski definition) is 1. The van der Waals surface area contributed by atoms with Crippen LogP contribution in [-0.4, -0.2) is 21.2 Å². The van der Waals surface area contributed by atoms with Crippen molar-refractivity contribution in [1.82, 2.24) is 9.55 Å². The fourth-order valence-electron chi connectivity index (χ4n) is 4.24. The number of carbonyl (C=O) groups is 2. The van der Waals surface area contributed by atoms with Crippen LogP contribution in [0.5, 0.6) is 0 Å². The Morgan fingerprint density at radius 2 is 1.69 bits per heavy atom. The summed E-state index contributed by atoms with van der Waals surface area (Å²) in [4.78, 5) is 29.9. The maximum absolute atomic E-state index is 14.2. The van der Waals surface area contributed by atoms with E-state index in [-0.39, 0.29) is 40.8 Å². The summed E-state index contributed by atoms with van der Waals surface area (Å²) in [6, 6.07) is 13.9. The number of ketones is 1. The molecule has 4 rings (SSSR count). The zero-order chi connectivity index (χ0) is 28.5. The van der Waals surface area contributed by atoms with Crippen molar-refractivity contribution in [2.75, 3.05) is 5.32 Å². The van der Waals surface area contributed by atoms with E-state index in [0.717, 1.165) is 0 Å². The van der Waals surface area contributed by atoms with Crippen molar-refractivity contribution >= 4 is 29.1 Å². The molecule has 0 bridgehead atoms. The van der Waals surface area contributed by atoms with E-state index in [1.54, 1.807) is 37.3 Å². The third-order valence-corrected chi connectivity index (χ3v) is 6.32. The number of hydrogen-bond acceptors (Lipinski definition) is 3. The first-order valence-electron chi connectivity index (χ1n) is 11.6. The molecule has 4 aromatic rings. The van der Waals surface area contributed by atoms with E-state index >= 15 is 0 Å². The van der Waals surface area contributed by atoms with Crippen molar-refractivity contribution in [2.24, 2.45) is 0 Å². The molecule has 1 aromatic heterocycles. The summed E-state index contributed by atoms with van der Waals surface area (Å²) >= 11 is 6.36. The molecule has 0 aliphatic rings. The van der Waals surface area contributed by atoms with Crippen LogP contribution in [0.3, 0.4) is 0 Å². The van der Waals surface area contributed by atoms with Crippen LogP contribution in [0.25, 0.3) is 11.4 Å². The first-order chi connectivity index (χ1) is 18.3. The van der Waals surface area contributed by atoms with Gasteiger partial charge in [-0.25, -0.2) is 13.8 Å². The van der Waals surface area contributed by atoms with E-state index in [0.29, 0.717) is 23.3 Å². The fourth-order valence-corrected chi connectivity index (χ4v) is 4.53. The highest BCUT2D eigenvalue weighted by molar-refractivity contribution is 6.31. The van der Waals surface area contributed by atoms with E-state index in [1.165, 1.54) is 29.7 Å². The predicted octanol–water partition coefficient (Wildman–Crippen LogP) is 7.49. The number of imidazole rings is 1. The van der Waals surface area contributed by atoms with Crippen molar-refractivity contribution in [3.05, 3.63) is 106 Å². The first-order valence-corrected chi connectivity index (χ1v) is 12.0. The summed E-state index contributed by atoms with van der Waals surface area (Å²) in [6.45, 7) is 2.82. The van der Waals surface area contributed by atoms with Gasteiger partial charge in [0.2, 0.25) is 0 Å². The number of halogens is 6. The highest BCUT2D eigenvalue weighted by Crippen LogP contribution is 2.38. The quantitative estimate of drug-likeness (QED) is 0.238. The predicted molar refractivity (Wildman–Crippen MR) is 137 cm³/mol. The summed E-state index contributed by atoms with van der Waals surface area (Å²) in [5.41, 5.74) is -0.783. The second-order valence-electron chi connectivity index (χ2n) is 8.89. The van der Waals surface area contributed by atoms with Gasteiger partial charge < -0.3 is 9.88 Å². The Hall–Kier alpha value is -4.05. The molecule has 1 N–H and O–H groups in total. The average molecular weight is 562 g/mol. The number of nitrogens with one attached hydrogen (secondary N) is 1. The molecule has 0 aliphatic heterocycles. The molecule has 0 fully saturated rings. The van der Waals surface area contributed by atoms with Crippen molar-refractivity contribution in [2.45, 2.75) is 32.5 Å². The zero-order valence-corrected chi connectivity index (χ0v) is 21.4. The maximum atomic E-state index is 14.2. The molecular weight excluding hydrogens is 541 g/mol. The Bertz CT molecular complexity index is 1550. The molecule has 5 nitrogen and oxygen atoms in total. The summed E-state index contributed by atoms with van der Waals surface area (Å²) in [5.74, 6) is -3.73. The largest absolute Gasteiger partial charge is 0.416 e.